The second-order valence-corrected chi connectivity index (χ2v) is 6.37. The molecule has 0 saturated heterocycles. The zero-order chi connectivity index (χ0) is 13.8. The van der Waals surface area contributed by atoms with Crippen molar-refractivity contribution >= 4 is 28.6 Å². The van der Waals surface area contributed by atoms with E-state index in [1.807, 2.05) is 0 Å². The average Bonchev–Trinajstić information content (AvgIpc) is 2.89. The Kier molecular flexibility index (Phi) is 4.89. The monoisotopic (exact) mass is 293 g/mol. The highest BCUT2D eigenvalue weighted by atomic mass is 35.5. The zero-order valence-electron chi connectivity index (χ0n) is 11.7. The van der Waals surface area contributed by atoms with Gasteiger partial charge in [0.2, 0.25) is 0 Å². The van der Waals surface area contributed by atoms with Gasteiger partial charge in [0.1, 0.15) is 0 Å². The molecule has 1 nitrogen and oxygen atoms in total. The van der Waals surface area contributed by atoms with E-state index >= 15 is 0 Å². The molecule has 0 N–H and O–H groups in total. The fourth-order valence-corrected chi connectivity index (χ4v) is 3.13. The van der Waals surface area contributed by atoms with Crippen molar-refractivity contribution < 1.29 is 0 Å². The number of hydrogen-bond donors (Lipinski definition) is 0. The van der Waals surface area contributed by atoms with E-state index in [9.17, 15) is 0 Å². The van der Waals surface area contributed by atoms with Crippen LogP contribution in [0.5, 0.6) is 0 Å². The minimum absolute atomic E-state index is 0.451. The Labute approximate surface area is 124 Å². The van der Waals surface area contributed by atoms with E-state index in [-0.39, 0.29) is 0 Å². The molecule has 3 heteroatoms. The van der Waals surface area contributed by atoms with E-state index in [1.54, 1.807) is 11.3 Å². The summed E-state index contributed by atoms with van der Waals surface area (Å²) in [5.74, 6) is 0.560. The normalized spacial score (nSPS) is 11.0. The molecule has 0 radical (unpaired) electrons. The standard InChI is InChI=1S/C16H20ClNS/c1-12(2)18(11-15-5-4-8-19-15)16-7-6-13(3)9-14(16)10-17/h4-9,12H,10-11H2,1-3H3. The van der Waals surface area contributed by atoms with Gasteiger partial charge in [0.25, 0.3) is 0 Å². The van der Waals surface area contributed by atoms with E-state index in [0.717, 1.165) is 6.54 Å². The minimum atomic E-state index is 0.451. The number of halogens is 1. The predicted octanol–water partition coefficient (Wildman–Crippen LogP) is 5.21. The van der Waals surface area contributed by atoms with Crippen LogP contribution in [0.25, 0.3) is 0 Å². The lowest BCUT2D eigenvalue weighted by atomic mass is 10.1. The summed E-state index contributed by atoms with van der Waals surface area (Å²) >= 11 is 7.92. The fraction of sp³-hybridized carbons (Fsp3) is 0.375. The maximum atomic E-state index is 6.11. The molecule has 1 aromatic heterocycles. The molecule has 0 saturated carbocycles. The van der Waals surface area contributed by atoms with Crippen molar-refractivity contribution in [3.8, 4) is 0 Å². The molecular formula is C16H20ClNS. The summed E-state index contributed by atoms with van der Waals surface area (Å²) in [7, 11) is 0. The Morgan fingerprint density at radius 3 is 2.63 bits per heavy atom. The van der Waals surface area contributed by atoms with Crippen LogP contribution in [-0.4, -0.2) is 6.04 Å². The van der Waals surface area contributed by atoms with Crippen LogP contribution in [0.1, 0.15) is 29.9 Å². The van der Waals surface area contributed by atoms with Gasteiger partial charge in [0, 0.05) is 22.5 Å². The summed E-state index contributed by atoms with van der Waals surface area (Å²) < 4.78 is 0. The second kappa shape index (κ2) is 6.44. The topological polar surface area (TPSA) is 3.24 Å². The molecule has 2 aromatic rings. The molecule has 0 fully saturated rings. The van der Waals surface area contributed by atoms with E-state index in [0.29, 0.717) is 11.9 Å². The molecule has 0 aliphatic carbocycles. The van der Waals surface area contributed by atoms with Gasteiger partial charge in [-0.15, -0.1) is 22.9 Å². The lowest BCUT2D eigenvalue weighted by Crippen LogP contribution is -2.30. The maximum Gasteiger partial charge on any atom is 0.0525 e. The van der Waals surface area contributed by atoms with Crippen LogP contribution in [0.15, 0.2) is 35.7 Å². The molecule has 0 bridgehead atoms. The first-order chi connectivity index (χ1) is 9.11. The summed E-state index contributed by atoms with van der Waals surface area (Å²) in [5.41, 5.74) is 3.73. The van der Waals surface area contributed by atoms with Crippen LogP contribution in [0.3, 0.4) is 0 Å². The highest BCUT2D eigenvalue weighted by Gasteiger charge is 2.15. The number of anilines is 1. The van der Waals surface area contributed by atoms with Crippen LogP contribution in [-0.2, 0) is 12.4 Å². The number of hydrogen-bond acceptors (Lipinski definition) is 2. The highest BCUT2D eigenvalue weighted by molar-refractivity contribution is 7.09. The van der Waals surface area contributed by atoms with Crippen molar-refractivity contribution in [2.24, 2.45) is 0 Å². The number of benzene rings is 1. The fourth-order valence-electron chi connectivity index (χ4n) is 2.22. The van der Waals surface area contributed by atoms with Crippen LogP contribution >= 0.6 is 22.9 Å². The van der Waals surface area contributed by atoms with Gasteiger partial charge < -0.3 is 4.90 Å². The molecule has 0 aliphatic heterocycles. The first kappa shape index (κ1) is 14.4. The van der Waals surface area contributed by atoms with Crippen LogP contribution < -0.4 is 4.90 Å². The number of alkyl halides is 1. The number of thiophene rings is 1. The smallest absolute Gasteiger partial charge is 0.0525 e. The third-order valence-electron chi connectivity index (χ3n) is 3.22. The van der Waals surface area contributed by atoms with Crippen molar-refractivity contribution in [2.45, 2.75) is 39.2 Å². The molecule has 102 valence electrons. The van der Waals surface area contributed by atoms with E-state index in [2.05, 4.69) is 61.4 Å². The van der Waals surface area contributed by atoms with Gasteiger partial charge in [-0.2, -0.15) is 0 Å². The first-order valence-electron chi connectivity index (χ1n) is 6.56. The third kappa shape index (κ3) is 3.52. The molecule has 2 rings (SSSR count). The summed E-state index contributed by atoms with van der Waals surface area (Å²) in [4.78, 5) is 3.80. The van der Waals surface area contributed by atoms with Crippen LogP contribution in [0, 0.1) is 6.92 Å². The van der Waals surface area contributed by atoms with E-state index in [1.165, 1.54) is 21.7 Å². The molecule has 0 atom stereocenters. The van der Waals surface area contributed by atoms with Crippen molar-refractivity contribution in [2.75, 3.05) is 4.90 Å². The van der Waals surface area contributed by atoms with Crippen LogP contribution in [0.4, 0.5) is 5.69 Å². The van der Waals surface area contributed by atoms with Gasteiger partial charge in [0.05, 0.1) is 6.54 Å². The largest absolute Gasteiger partial charge is 0.364 e. The van der Waals surface area contributed by atoms with Crippen molar-refractivity contribution in [3.63, 3.8) is 0 Å². The summed E-state index contributed by atoms with van der Waals surface area (Å²) in [6, 6.07) is 11.3. The van der Waals surface area contributed by atoms with E-state index in [4.69, 9.17) is 11.6 Å². The summed E-state index contributed by atoms with van der Waals surface area (Å²) in [6.45, 7) is 7.51. The minimum Gasteiger partial charge on any atom is -0.364 e. The molecule has 0 unspecified atom stereocenters. The Morgan fingerprint density at radius 1 is 1.26 bits per heavy atom. The molecule has 0 aliphatic rings. The third-order valence-corrected chi connectivity index (χ3v) is 4.37. The molecule has 0 spiro atoms. The van der Waals surface area contributed by atoms with Gasteiger partial charge in [-0.3, -0.25) is 0 Å². The molecular weight excluding hydrogens is 274 g/mol. The van der Waals surface area contributed by atoms with Crippen molar-refractivity contribution in [3.05, 3.63) is 51.7 Å². The van der Waals surface area contributed by atoms with E-state index < -0.39 is 0 Å². The highest BCUT2D eigenvalue weighted by Crippen LogP contribution is 2.28. The predicted molar refractivity (Wildman–Crippen MR) is 86.4 cm³/mol. The number of aryl methyl sites for hydroxylation is 1. The Bertz CT molecular complexity index is 520. The Morgan fingerprint density at radius 2 is 2.05 bits per heavy atom. The van der Waals surface area contributed by atoms with Gasteiger partial charge in [-0.25, -0.2) is 0 Å². The zero-order valence-corrected chi connectivity index (χ0v) is 13.3. The molecule has 0 amide bonds. The SMILES string of the molecule is Cc1ccc(N(Cc2cccs2)C(C)C)c(CCl)c1. The van der Waals surface area contributed by atoms with Crippen LogP contribution in [0.2, 0.25) is 0 Å². The van der Waals surface area contributed by atoms with Crippen molar-refractivity contribution in [1.29, 1.82) is 0 Å². The molecule has 19 heavy (non-hydrogen) atoms. The number of nitrogens with zero attached hydrogens (tertiary/aromatic N) is 1. The van der Waals surface area contributed by atoms with Crippen molar-refractivity contribution in [1.82, 2.24) is 0 Å². The molecule has 1 heterocycles. The quantitative estimate of drug-likeness (QED) is 0.684. The first-order valence-corrected chi connectivity index (χ1v) is 7.97. The summed E-state index contributed by atoms with van der Waals surface area (Å²) in [5, 5.41) is 2.13. The molecule has 1 aromatic carbocycles. The lowest BCUT2D eigenvalue weighted by molar-refractivity contribution is 0.685. The van der Waals surface area contributed by atoms with Gasteiger partial charge in [-0.1, -0.05) is 23.8 Å². The Balaban J connectivity index is 2.33. The second-order valence-electron chi connectivity index (χ2n) is 5.07. The van der Waals surface area contributed by atoms with Gasteiger partial charge >= 0.3 is 0 Å². The van der Waals surface area contributed by atoms with Gasteiger partial charge in [-0.05, 0) is 43.8 Å². The van der Waals surface area contributed by atoms with Gasteiger partial charge in [0.15, 0.2) is 0 Å². The maximum absolute atomic E-state index is 6.11. The lowest BCUT2D eigenvalue weighted by Gasteiger charge is -2.30. The Hall–Kier alpha value is -0.990. The number of rotatable bonds is 5. The summed E-state index contributed by atoms with van der Waals surface area (Å²) in [6.07, 6.45) is 0. The average molecular weight is 294 g/mol.